The van der Waals surface area contributed by atoms with Crippen LogP contribution in [0.4, 0.5) is 5.69 Å². The Morgan fingerprint density at radius 1 is 1.40 bits per heavy atom. The predicted molar refractivity (Wildman–Crippen MR) is 74.1 cm³/mol. The third-order valence-corrected chi connectivity index (χ3v) is 2.86. The number of hydrogen-bond donors (Lipinski definition) is 2. The number of aliphatic hydroxyl groups is 1. The molecule has 2 rings (SSSR count). The van der Waals surface area contributed by atoms with Gasteiger partial charge in [0, 0.05) is 49.6 Å². The smallest absolute Gasteiger partial charge is 0.269 e. The van der Waals surface area contributed by atoms with E-state index in [0.717, 1.165) is 16.8 Å². The van der Waals surface area contributed by atoms with Crippen LogP contribution in [0, 0.1) is 10.1 Å². The molecule has 1 aromatic heterocycles. The van der Waals surface area contributed by atoms with E-state index < -0.39 is 4.92 Å². The predicted octanol–water partition coefficient (Wildman–Crippen LogP) is 1.08. The molecule has 0 aliphatic carbocycles. The second-order valence-corrected chi connectivity index (χ2v) is 4.38. The number of nitro groups is 1. The number of aryl methyl sites for hydroxylation is 1. The fourth-order valence-corrected chi connectivity index (χ4v) is 1.95. The van der Waals surface area contributed by atoms with Crippen molar-refractivity contribution in [2.75, 3.05) is 13.2 Å². The number of aliphatic hydroxyl groups excluding tert-OH is 1. The molecule has 1 heterocycles. The third kappa shape index (κ3) is 3.19. The van der Waals surface area contributed by atoms with Crippen molar-refractivity contribution in [3.8, 4) is 11.3 Å². The van der Waals surface area contributed by atoms with Gasteiger partial charge in [-0.25, -0.2) is 0 Å². The number of non-ortho nitro benzene ring substituents is 1. The van der Waals surface area contributed by atoms with Crippen molar-refractivity contribution in [1.82, 2.24) is 15.1 Å². The number of nitrogens with zero attached hydrogens (tertiary/aromatic N) is 3. The van der Waals surface area contributed by atoms with Crippen molar-refractivity contribution in [3.05, 3.63) is 46.1 Å². The number of aromatic nitrogens is 2. The highest BCUT2D eigenvalue weighted by molar-refractivity contribution is 5.64. The molecule has 0 radical (unpaired) electrons. The Morgan fingerprint density at radius 3 is 2.70 bits per heavy atom. The summed E-state index contributed by atoms with van der Waals surface area (Å²) < 4.78 is 1.70. The topological polar surface area (TPSA) is 93.2 Å². The number of rotatable bonds is 6. The molecular weight excluding hydrogens is 260 g/mol. The van der Waals surface area contributed by atoms with Gasteiger partial charge in [-0.1, -0.05) is 0 Å². The zero-order valence-corrected chi connectivity index (χ0v) is 11.1. The highest BCUT2D eigenvalue weighted by Gasteiger charge is 2.11. The van der Waals surface area contributed by atoms with Gasteiger partial charge in [0.15, 0.2) is 0 Å². The second kappa shape index (κ2) is 6.27. The van der Waals surface area contributed by atoms with Gasteiger partial charge >= 0.3 is 0 Å². The lowest BCUT2D eigenvalue weighted by Gasteiger charge is -2.03. The highest BCUT2D eigenvalue weighted by atomic mass is 16.6. The van der Waals surface area contributed by atoms with Crippen LogP contribution in [0.2, 0.25) is 0 Å². The first-order chi connectivity index (χ1) is 9.61. The van der Waals surface area contributed by atoms with Gasteiger partial charge in [0.2, 0.25) is 0 Å². The largest absolute Gasteiger partial charge is 0.395 e. The van der Waals surface area contributed by atoms with Crippen LogP contribution in [-0.4, -0.2) is 33.0 Å². The van der Waals surface area contributed by atoms with Crippen LogP contribution < -0.4 is 5.32 Å². The van der Waals surface area contributed by atoms with Gasteiger partial charge in [-0.05, 0) is 12.1 Å². The monoisotopic (exact) mass is 276 g/mol. The Morgan fingerprint density at radius 2 is 2.10 bits per heavy atom. The lowest BCUT2D eigenvalue weighted by atomic mass is 10.1. The van der Waals surface area contributed by atoms with E-state index in [2.05, 4.69) is 10.4 Å². The Bertz CT molecular complexity index is 592. The van der Waals surface area contributed by atoms with E-state index in [0.29, 0.717) is 13.1 Å². The standard InChI is InChI=1S/C13H16N4O3/c1-16-9-11(8-14-6-7-18)13(15-16)10-2-4-12(5-3-10)17(19)20/h2-5,9,14,18H,6-8H2,1H3. The maximum absolute atomic E-state index is 10.6. The van der Waals surface area contributed by atoms with Crippen LogP contribution in [0.3, 0.4) is 0 Å². The van der Waals surface area contributed by atoms with Crippen LogP contribution >= 0.6 is 0 Å². The first-order valence-electron chi connectivity index (χ1n) is 6.20. The van der Waals surface area contributed by atoms with E-state index in [1.807, 2.05) is 13.2 Å². The summed E-state index contributed by atoms with van der Waals surface area (Å²) in [5.41, 5.74) is 2.66. The van der Waals surface area contributed by atoms with E-state index in [-0.39, 0.29) is 12.3 Å². The number of nitrogens with one attached hydrogen (secondary N) is 1. The normalized spacial score (nSPS) is 10.7. The van der Waals surface area contributed by atoms with E-state index in [1.54, 1.807) is 16.8 Å². The molecule has 0 atom stereocenters. The van der Waals surface area contributed by atoms with Crippen molar-refractivity contribution in [3.63, 3.8) is 0 Å². The molecule has 1 aromatic carbocycles. The average Bonchev–Trinajstić information content (AvgIpc) is 2.80. The first kappa shape index (κ1) is 14.2. The van der Waals surface area contributed by atoms with Crippen molar-refractivity contribution in [2.24, 2.45) is 7.05 Å². The zero-order valence-electron chi connectivity index (χ0n) is 11.1. The van der Waals surface area contributed by atoms with Gasteiger partial charge in [0.25, 0.3) is 5.69 Å². The summed E-state index contributed by atoms with van der Waals surface area (Å²) in [6, 6.07) is 6.32. The third-order valence-electron chi connectivity index (χ3n) is 2.86. The molecule has 0 unspecified atom stereocenters. The van der Waals surface area contributed by atoms with Crippen molar-refractivity contribution >= 4 is 5.69 Å². The van der Waals surface area contributed by atoms with Crippen molar-refractivity contribution < 1.29 is 10.0 Å². The van der Waals surface area contributed by atoms with Crippen LogP contribution in [0.15, 0.2) is 30.5 Å². The van der Waals surface area contributed by atoms with Crippen LogP contribution in [0.5, 0.6) is 0 Å². The van der Waals surface area contributed by atoms with E-state index in [9.17, 15) is 10.1 Å². The molecule has 2 aromatic rings. The zero-order chi connectivity index (χ0) is 14.5. The fourth-order valence-electron chi connectivity index (χ4n) is 1.95. The van der Waals surface area contributed by atoms with E-state index in [4.69, 9.17) is 5.11 Å². The first-order valence-corrected chi connectivity index (χ1v) is 6.20. The summed E-state index contributed by atoms with van der Waals surface area (Å²) in [6.07, 6.45) is 1.89. The van der Waals surface area contributed by atoms with Gasteiger partial charge in [-0.3, -0.25) is 14.8 Å². The second-order valence-electron chi connectivity index (χ2n) is 4.38. The van der Waals surface area contributed by atoms with Crippen LogP contribution in [0.25, 0.3) is 11.3 Å². The van der Waals surface area contributed by atoms with Gasteiger partial charge in [-0.2, -0.15) is 5.10 Å². The summed E-state index contributed by atoms with van der Waals surface area (Å²) in [7, 11) is 1.82. The minimum atomic E-state index is -0.425. The Hall–Kier alpha value is -2.25. The Balaban J connectivity index is 2.24. The summed E-state index contributed by atoms with van der Waals surface area (Å²) in [4.78, 5) is 10.2. The Kier molecular flexibility index (Phi) is 4.44. The van der Waals surface area contributed by atoms with E-state index >= 15 is 0 Å². The van der Waals surface area contributed by atoms with E-state index in [1.165, 1.54) is 12.1 Å². The fraction of sp³-hybridized carbons (Fsp3) is 0.308. The quantitative estimate of drug-likeness (QED) is 0.468. The van der Waals surface area contributed by atoms with Gasteiger partial charge in [-0.15, -0.1) is 0 Å². The molecule has 7 heteroatoms. The summed E-state index contributed by atoms with van der Waals surface area (Å²) in [6.45, 7) is 1.17. The maximum Gasteiger partial charge on any atom is 0.269 e. The molecule has 0 saturated carbocycles. The summed E-state index contributed by atoms with van der Waals surface area (Å²) in [5, 5.41) is 26.9. The molecular formula is C13H16N4O3. The maximum atomic E-state index is 10.6. The van der Waals surface area contributed by atoms with Gasteiger partial charge in [0.1, 0.15) is 0 Å². The van der Waals surface area contributed by atoms with Gasteiger partial charge in [0.05, 0.1) is 17.2 Å². The molecule has 0 aliphatic heterocycles. The SMILES string of the molecule is Cn1cc(CNCCO)c(-c2ccc([N+](=O)[O-])cc2)n1. The number of benzene rings is 1. The summed E-state index contributed by atoms with van der Waals surface area (Å²) >= 11 is 0. The minimum Gasteiger partial charge on any atom is -0.395 e. The molecule has 2 N–H and O–H groups in total. The highest BCUT2D eigenvalue weighted by Crippen LogP contribution is 2.24. The Labute approximate surface area is 116 Å². The molecule has 0 bridgehead atoms. The number of nitro benzene ring substituents is 1. The summed E-state index contributed by atoms with van der Waals surface area (Å²) in [5.74, 6) is 0. The average molecular weight is 276 g/mol. The van der Waals surface area contributed by atoms with Crippen LogP contribution in [0.1, 0.15) is 5.56 Å². The number of hydrogen-bond acceptors (Lipinski definition) is 5. The minimum absolute atomic E-state index is 0.0598. The lowest BCUT2D eigenvalue weighted by Crippen LogP contribution is -2.17. The van der Waals surface area contributed by atoms with Crippen molar-refractivity contribution in [2.45, 2.75) is 6.54 Å². The molecule has 0 spiro atoms. The molecule has 0 saturated heterocycles. The molecule has 0 fully saturated rings. The molecule has 20 heavy (non-hydrogen) atoms. The van der Waals surface area contributed by atoms with Crippen molar-refractivity contribution in [1.29, 1.82) is 0 Å². The van der Waals surface area contributed by atoms with Crippen LogP contribution in [-0.2, 0) is 13.6 Å². The molecule has 7 nitrogen and oxygen atoms in total. The molecule has 0 aliphatic rings. The molecule has 106 valence electrons. The molecule has 0 amide bonds. The lowest BCUT2D eigenvalue weighted by molar-refractivity contribution is -0.384. The van der Waals surface area contributed by atoms with Gasteiger partial charge < -0.3 is 10.4 Å².